The Bertz CT molecular complexity index is 540. The summed E-state index contributed by atoms with van der Waals surface area (Å²) in [6, 6.07) is 12.7. The molecule has 0 unspecified atom stereocenters. The second kappa shape index (κ2) is 6.01. The lowest BCUT2D eigenvalue weighted by Gasteiger charge is -2.13. The minimum atomic E-state index is -0.252. The van der Waals surface area contributed by atoms with Gasteiger partial charge in [0.2, 0.25) is 0 Å². The monoisotopic (exact) mass is 308 g/mol. The zero-order chi connectivity index (χ0) is 13.0. The molecule has 0 radical (unpaired) electrons. The highest BCUT2D eigenvalue weighted by atomic mass is 79.9. The van der Waals surface area contributed by atoms with Gasteiger partial charge in [-0.25, -0.2) is 4.39 Å². The van der Waals surface area contributed by atoms with Crippen molar-refractivity contribution >= 4 is 15.9 Å². The molecule has 0 fully saturated rings. The van der Waals surface area contributed by atoms with E-state index in [1.165, 1.54) is 6.07 Å². The fourth-order valence-electron chi connectivity index (χ4n) is 1.78. The van der Waals surface area contributed by atoms with Crippen LogP contribution in [0, 0.1) is 5.82 Å². The molecule has 2 aromatic carbocycles. The summed E-state index contributed by atoms with van der Waals surface area (Å²) >= 11 is 3.29. The van der Waals surface area contributed by atoms with Crippen LogP contribution in [0.15, 0.2) is 42.5 Å². The number of halogens is 2. The average Bonchev–Trinajstić information content (AvgIpc) is 2.40. The van der Waals surface area contributed by atoms with E-state index in [0.717, 1.165) is 17.7 Å². The highest BCUT2D eigenvalue weighted by Crippen LogP contribution is 2.30. The minimum Gasteiger partial charge on any atom is -0.457 e. The normalized spacial score (nSPS) is 10.4. The van der Waals surface area contributed by atoms with Crippen LogP contribution in [0.25, 0.3) is 0 Å². The summed E-state index contributed by atoms with van der Waals surface area (Å²) < 4.78 is 19.5. The number of rotatable bonds is 4. The van der Waals surface area contributed by atoms with Gasteiger partial charge in [-0.15, -0.1) is 0 Å². The van der Waals surface area contributed by atoms with E-state index in [1.54, 1.807) is 12.1 Å². The van der Waals surface area contributed by atoms with Crippen LogP contribution in [0.1, 0.15) is 18.1 Å². The molecular weight excluding hydrogens is 295 g/mol. The smallest absolute Gasteiger partial charge is 0.134 e. The van der Waals surface area contributed by atoms with Crippen molar-refractivity contribution in [2.75, 3.05) is 0 Å². The Balaban J connectivity index is 2.37. The standard InChI is InChI=1S/C15H14BrFO/c1-2-11-6-3-4-8-14(11)18-15-9-5-7-13(17)12(15)10-16/h3-9H,2,10H2,1H3. The van der Waals surface area contributed by atoms with Crippen molar-refractivity contribution in [3.05, 3.63) is 59.4 Å². The lowest BCUT2D eigenvalue weighted by molar-refractivity contribution is 0.465. The molecule has 0 bridgehead atoms. The summed E-state index contributed by atoms with van der Waals surface area (Å²) in [5.74, 6) is 1.10. The molecule has 0 N–H and O–H groups in total. The summed E-state index contributed by atoms with van der Waals surface area (Å²) in [5, 5.41) is 0.434. The summed E-state index contributed by atoms with van der Waals surface area (Å²) in [4.78, 5) is 0. The Kier molecular flexibility index (Phi) is 4.37. The highest BCUT2D eigenvalue weighted by Gasteiger charge is 2.10. The zero-order valence-electron chi connectivity index (χ0n) is 10.1. The largest absolute Gasteiger partial charge is 0.457 e. The SMILES string of the molecule is CCc1ccccc1Oc1cccc(F)c1CBr. The van der Waals surface area contributed by atoms with Crippen LogP contribution in [0.5, 0.6) is 11.5 Å². The lowest BCUT2D eigenvalue weighted by Crippen LogP contribution is -1.95. The Morgan fingerprint density at radius 1 is 1.06 bits per heavy atom. The molecule has 0 heterocycles. The molecule has 94 valence electrons. The van der Waals surface area contributed by atoms with Crippen LogP contribution in [0.3, 0.4) is 0 Å². The van der Waals surface area contributed by atoms with E-state index in [-0.39, 0.29) is 5.82 Å². The van der Waals surface area contributed by atoms with Gasteiger partial charge in [0, 0.05) is 10.9 Å². The Morgan fingerprint density at radius 3 is 2.50 bits per heavy atom. The summed E-state index contributed by atoms with van der Waals surface area (Å²) in [7, 11) is 0. The van der Waals surface area contributed by atoms with Crippen LogP contribution in [0.2, 0.25) is 0 Å². The van der Waals surface area contributed by atoms with Gasteiger partial charge in [-0.05, 0) is 30.2 Å². The molecule has 0 aliphatic heterocycles. The van der Waals surface area contributed by atoms with E-state index in [4.69, 9.17) is 4.74 Å². The number of hydrogen-bond donors (Lipinski definition) is 0. The quantitative estimate of drug-likeness (QED) is 0.716. The molecule has 2 aromatic rings. The summed E-state index contributed by atoms with van der Waals surface area (Å²) in [6.07, 6.45) is 0.884. The Morgan fingerprint density at radius 2 is 1.78 bits per heavy atom. The topological polar surface area (TPSA) is 9.23 Å². The Hall–Kier alpha value is -1.35. The van der Waals surface area contributed by atoms with Crippen molar-refractivity contribution in [3.63, 3.8) is 0 Å². The van der Waals surface area contributed by atoms with Crippen molar-refractivity contribution < 1.29 is 9.13 Å². The van der Waals surface area contributed by atoms with Crippen molar-refractivity contribution in [3.8, 4) is 11.5 Å². The number of para-hydroxylation sites is 1. The van der Waals surface area contributed by atoms with Crippen LogP contribution in [-0.2, 0) is 11.8 Å². The van der Waals surface area contributed by atoms with E-state index < -0.39 is 0 Å². The predicted octanol–water partition coefficient (Wildman–Crippen LogP) is 5.08. The maximum absolute atomic E-state index is 13.6. The van der Waals surface area contributed by atoms with E-state index >= 15 is 0 Å². The van der Waals surface area contributed by atoms with Gasteiger partial charge >= 0.3 is 0 Å². The summed E-state index contributed by atoms with van der Waals surface area (Å²) in [5.41, 5.74) is 1.66. The van der Waals surface area contributed by atoms with E-state index in [1.807, 2.05) is 24.3 Å². The first-order valence-electron chi connectivity index (χ1n) is 5.85. The van der Waals surface area contributed by atoms with Crippen LogP contribution in [-0.4, -0.2) is 0 Å². The number of benzene rings is 2. The van der Waals surface area contributed by atoms with Crippen molar-refractivity contribution in [1.29, 1.82) is 0 Å². The van der Waals surface area contributed by atoms with E-state index in [2.05, 4.69) is 22.9 Å². The van der Waals surface area contributed by atoms with Gasteiger partial charge in [-0.2, -0.15) is 0 Å². The number of aryl methyl sites for hydroxylation is 1. The molecule has 1 nitrogen and oxygen atoms in total. The minimum absolute atomic E-state index is 0.252. The molecule has 0 amide bonds. The first-order chi connectivity index (χ1) is 8.76. The average molecular weight is 309 g/mol. The molecule has 0 aromatic heterocycles. The van der Waals surface area contributed by atoms with Gasteiger partial charge in [0.15, 0.2) is 0 Å². The molecule has 0 aliphatic rings. The first kappa shape index (κ1) is 13.1. The third kappa shape index (κ3) is 2.72. The third-order valence-electron chi connectivity index (χ3n) is 2.78. The van der Waals surface area contributed by atoms with Crippen molar-refractivity contribution in [1.82, 2.24) is 0 Å². The van der Waals surface area contributed by atoms with Gasteiger partial charge in [0.05, 0.1) is 0 Å². The van der Waals surface area contributed by atoms with E-state index in [9.17, 15) is 4.39 Å². The molecule has 0 atom stereocenters. The van der Waals surface area contributed by atoms with Gasteiger partial charge in [0.1, 0.15) is 17.3 Å². The molecule has 18 heavy (non-hydrogen) atoms. The van der Waals surface area contributed by atoms with Gasteiger partial charge in [0.25, 0.3) is 0 Å². The van der Waals surface area contributed by atoms with Crippen molar-refractivity contribution in [2.45, 2.75) is 18.7 Å². The molecular formula is C15H14BrFO. The van der Waals surface area contributed by atoms with Gasteiger partial charge < -0.3 is 4.74 Å². The van der Waals surface area contributed by atoms with Crippen LogP contribution in [0.4, 0.5) is 4.39 Å². The van der Waals surface area contributed by atoms with Crippen LogP contribution < -0.4 is 4.74 Å². The fraction of sp³-hybridized carbons (Fsp3) is 0.200. The third-order valence-corrected chi connectivity index (χ3v) is 3.34. The van der Waals surface area contributed by atoms with E-state index in [0.29, 0.717) is 16.6 Å². The molecule has 3 heteroatoms. The molecule has 0 saturated carbocycles. The molecule has 0 spiro atoms. The van der Waals surface area contributed by atoms with Gasteiger partial charge in [-0.3, -0.25) is 0 Å². The van der Waals surface area contributed by atoms with Gasteiger partial charge in [-0.1, -0.05) is 47.1 Å². The van der Waals surface area contributed by atoms with Crippen LogP contribution >= 0.6 is 15.9 Å². The molecule has 0 aliphatic carbocycles. The van der Waals surface area contributed by atoms with Crippen molar-refractivity contribution in [2.24, 2.45) is 0 Å². The predicted molar refractivity (Wildman–Crippen MR) is 74.9 cm³/mol. The molecule has 0 saturated heterocycles. The zero-order valence-corrected chi connectivity index (χ0v) is 11.7. The second-order valence-electron chi connectivity index (χ2n) is 3.91. The maximum atomic E-state index is 13.6. The Labute approximate surface area is 115 Å². The number of alkyl halides is 1. The number of hydrogen-bond acceptors (Lipinski definition) is 1. The highest BCUT2D eigenvalue weighted by molar-refractivity contribution is 9.08. The first-order valence-corrected chi connectivity index (χ1v) is 6.97. The maximum Gasteiger partial charge on any atom is 0.134 e. The molecule has 2 rings (SSSR count). The lowest BCUT2D eigenvalue weighted by atomic mass is 10.1. The number of ether oxygens (including phenoxy) is 1. The second-order valence-corrected chi connectivity index (χ2v) is 4.47. The summed E-state index contributed by atoms with van der Waals surface area (Å²) in [6.45, 7) is 2.07. The fourth-order valence-corrected chi connectivity index (χ4v) is 2.32.